The van der Waals surface area contributed by atoms with Gasteiger partial charge in [-0.15, -0.1) is 0 Å². The molecule has 1 atom stereocenters. The molecule has 0 aliphatic carbocycles. The van der Waals surface area contributed by atoms with Crippen LogP contribution < -0.4 is 11.1 Å². The van der Waals surface area contributed by atoms with E-state index in [0.29, 0.717) is 6.54 Å². The van der Waals surface area contributed by atoms with Gasteiger partial charge in [0.2, 0.25) is 5.91 Å². The van der Waals surface area contributed by atoms with Crippen LogP contribution in [0.25, 0.3) is 0 Å². The lowest BCUT2D eigenvalue weighted by Gasteiger charge is -2.11. The average molecular weight is 271 g/mol. The lowest BCUT2D eigenvalue weighted by molar-refractivity contribution is -0.119. The van der Waals surface area contributed by atoms with Gasteiger partial charge < -0.3 is 11.1 Å². The van der Waals surface area contributed by atoms with E-state index < -0.39 is 0 Å². The van der Waals surface area contributed by atoms with Crippen LogP contribution in [-0.4, -0.2) is 11.9 Å². The summed E-state index contributed by atoms with van der Waals surface area (Å²) in [6, 6.07) is 5.81. The summed E-state index contributed by atoms with van der Waals surface area (Å²) in [5.74, 6) is -0.335. The van der Waals surface area contributed by atoms with Crippen LogP contribution in [0.4, 0.5) is 0 Å². The highest BCUT2D eigenvalue weighted by Crippen LogP contribution is 2.18. The van der Waals surface area contributed by atoms with E-state index >= 15 is 0 Å². The molecule has 1 aromatic rings. The van der Waals surface area contributed by atoms with E-state index in [-0.39, 0.29) is 11.9 Å². The van der Waals surface area contributed by atoms with Crippen molar-refractivity contribution < 1.29 is 4.79 Å². The van der Waals surface area contributed by atoms with Gasteiger partial charge in [-0.25, -0.2) is 0 Å². The number of rotatable bonds is 4. The van der Waals surface area contributed by atoms with Gasteiger partial charge >= 0.3 is 0 Å². The summed E-state index contributed by atoms with van der Waals surface area (Å²) in [7, 11) is 0. The maximum absolute atomic E-state index is 10.8. The Kier molecular flexibility index (Phi) is 4.29. The molecule has 0 aliphatic rings. The predicted molar refractivity (Wildman–Crippen MR) is 64.4 cm³/mol. The van der Waals surface area contributed by atoms with Crippen molar-refractivity contribution >= 4 is 21.8 Å². The highest BCUT2D eigenvalue weighted by atomic mass is 79.9. The van der Waals surface area contributed by atoms with E-state index in [1.54, 1.807) is 6.92 Å². The second-order valence-electron chi connectivity index (χ2n) is 3.60. The quantitative estimate of drug-likeness (QED) is 0.876. The minimum atomic E-state index is -0.335. The molecule has 0 aromatic heterocycles. The Morgan fingerprint density at radius 3 is 2.80 bits per heavy atom. The summed E-state index contributed by atoms with van der Waals surface area (Å²) in [6.07, 6.45) is 0. The van der Waals surface area contributed by atoms with Gasteiger partial charge in [-0.05, 0) is 31.0 Å². The van der Waals surface area contributed by atoms with Gasteiger partial charge in [-0.3, -0.25) is 4.79 Å². The first-order valence-corrected chi connectivity index (χ1v) is 5.57. The summed E-state index contributed by atoms with van der Waals surface area (Å²) in [5, 5.41) is 3.05. The normalized spacial score (nSPS) is 12.5. The molecule has 0 fully saturated rings. The van der Waals surface area contributed by atoms with Crippen LogP contribution in [0, 0.1) is 6.92 Å². The van der Waals surface area contributed by atoms with Crippen LogP contribution in [0.15, 0.2) is 22.7 Å². The second-order valence-corrected chi connectivity index (χ2v) is 4.45. The highest BCUT2D eigenvalue weighted by Gasteiger charge is 2.08. The van der Waals surface area contributed by atoms with Crippen LogP contribution in [0.5, 0.6) is 0 Å². The number of amides is 1. The number of nitrogens with two attached hydrogens (primary N) is 1. The van der Waals surface area contributed by atoms with Crippen molar-refractivity contribution in [1.29, 1.82) is 0 Å². The van der Waals surface area contributed by atoms with Crippen molar-refractivity contribution in [1.82, 2.24) is 5.32 Å². The minimum Gasteiger partial charge on any atom is -0.368 e. The number of carbonyl (C=O) groups is 1. The number of halogens is 1. The largest absolute Gasteiger partial charge is 0.368 e. The zero-order valence-corrected chi connectivity index (χ0v) is 10.5. The lowest BCUT2D eigenvalue weighted by atomic mass is 10.1. The average Bonchev–Trinajstić information content (AvgIpc) is 2.15. The van der Waals surface area contributed by atoms with E-state index in [9.17, 15) is 4.79 Å². The maximum atomic E-state index is 10.8. The van der Waals surface area contributed by atoms with Crippen LogP contribution in [0.1, 0.15) is 18.1 Å². The van der Waals surface area contributed by atoms with E-state index in [1.807, 2.05) is 25.1 Å². The van der Waals surface area contributed by atoms with Gasteiger partial charge in [0, 0.05) is 11.0 Å². The first-order valence-electron chi connectivity index (χ1n) is 4.78. The third-order valence-electron chi connectivity index (χ3n) is 2.23. The molecule has 1 unspecified atom stereocenters. The van der Waals surface area contributed by atoms with E-state index in [0.717, 1.165) is 10.0 Å². The number of benzene rings is 1. The Morgan fingerprint density at radius 2 is 2.27 bits per heavy atom. The third kappa shape index (κ3) is 3.64. The standard InChI is InChI=1S/C11H15BrN2O/c1-7-3-4-9(10(12)5-7)6-14-8(2)11(13)15/h3-5,8,14H,6H2,1-2H3,(H2,13,15). The summed E-state index contributed by atoms with van der Waals surface area (Å²) in [4.78, 5) is 10.8. The molecule has 1 amide bonds. The molecule has 0 saturated carbocycles. The van der Waals surface area contributed by atoms with Gasteiger partial charge in [0.1, 0.15) is 0 Å². The number of nitrogens with one attached hydrogen (secondary N) is 1. The van der Waals surface area contributed by atoms with Gasteiger partial charge in [0.15, 0.2) is 0 Å². The minimum absolute atomic E-state index is 0.307. The van der Waals surface area contributed by atoms with Crippen molar-refractivity contribution in [2.75, 3.05) is 0 Å². The fraction of sp³-hybridized carbons (Fsp3) is 0.364. The third-order valence-corrected chi connectivity index (χ3v) is 2.97. The second kappa shape index (κ2) is 5.28. The summed E-state index contributed by atoms with van der Waals surface area (Å²) in [5.41, 5.74) is 7.47. The van der Waals surface area contributed by atoms with Crippen LogP contribution in [-0.2, 0) is 11.3 Å². The molecule has 0 aliphatic heterocycles. The SMILES string of the molecule is Cc1ccc(CNC(C)C(N)=O)c(Br)c1. The Balaban J connectivity index is 2.62. The van der Waals surface area contributed by atoms with Crippen molar-refractivity contribution in [2.24, 2.45) is 5.73 Å². The van der Waals surface area contributed by atoms with Crippen LogP contribution in [0.2, 0.25) is 0 Å². The summed E-state index contributed by atoms with van der Waals surface area (Å²) in [6.45, 7) is 4.42. The van der Waals surface area contributed by atoms with Gasteiger partial charge in [-0.2, -0.15) is 0 Å². The molecule has 15 heavy (non-hydrogen) atoms. The summed E-state index contributed by atoms with van der Waals surface area (Å²) >= 11 is 3.48. The fourth-order valence-electron chi connectivity index (χ4n) is 1.16. The van der Waals surface area contributed by atoms with E-state index in [1.165, 1.54) is 5.56 Å². The smallest absolute Gasteiger partial charge is 0.234 e. The topological polar surface area (TPSA) is 55.1 Å². The molecular formula is C11H15BrN2O. The van der Waals surface area contributed by atoms with Gasteiger partial charge in [0.05, 0.1) is 6.04 Å². The number of carbonyl (C=O) groups excluding carboxylic acids is 1. The molecule has 0 radical (unpaired) electrons. The molecule has 0 bridgehead atoms. The number of hydrogen-bond donors (Lipinski definition) is 2. The molecule has 0 heterocycles. The van der Waals surface area contributed by atoms with Crippen molar-refractivity contribution in [2.45, 2.75) is 26.4 Å². The molecule has 4 heteroatoms. The summed E-state index contributed by atoms with van der Waals surface area (Å²) < 4.78 is 1.05. The highest BCUT2D eigenvalue weighted by molar-refractivity contribution is 9.10. The first-order chi connectivity index (χ1) is 7.00. The lowest BCUT2D eigenvalue weighted by Crippen LogP contribution is -2.38. The fourth-order valence-corrected chi connectivity index (χ4v) is 1.79. The molecule has 82 valence electrons. The zero-order chi connectivity index (χ0) is 11.4. The van der Waals surface area contributed by atoms with Gasteiger partial charge in [-0.1, -0.05) is 28.1 Å². The molecular weight excluding hydrogens is 256 g/mol. The Hall–Kier alpha value is -0.870. The van der Waals surface area contributed by atoms with Gasteiger partial charge in [0.25, 0.3) is 0 Å². The zero-order valence-electron chi connectivity index (χ0n) is 8.88. The Labute approximate surface area is 98.2 Å². The molecule has 1 rings (SSSR count). The van der Waals surface area contributed by atoms with E-state index in [4.69, 9.17) is 5.73 Å². The molecule has 3 nitrogen and oxygen atoms in total. The number of primary amides is 1. The Bertz CT molecular complexity index is 366. The van der Waals surface area contributed by atoms with Crippen LogP contribution in [0.3, 0.4) is 0 Å². The number of aryl methyl sites for hydroxylation is 1. The monoisotopic (exact) mass is 270 g/mol. The molecule has 3 N–H and O–H groups in total. The maximum Gasteiger partial charge on any atom is 0.234 e. The van der Waals surface area contributed by atoms with Crippen LogP contribution >= 0.6 is 15.9 Å². The molecule has 0 saturated heterocycles. The molecule has 0 spiro atoms. The van der Waals surface area contributed by atoms with Crippen molar-refractivity contribution in [3.8, 4) is 0 Å². The number of hydrogen-bond acceptors (Lipinski definition) is 2. The van der Waals surface area contributed by atoms with Crippen molar-refractivity contribution in [3.63, 3.8) is 0 Å². The predicted octanol–water partition coefficient (Wildman–Crippen LogP) is 1.72. The molecule has 1 aromatic carbocycles. The Morgan fingerprint density at radius 1 is 1.60 bits per heavy atom. The van der Waals surface area contributed by atoms with E-state index in [2.05, 4.69) is 21.2 Å². The van der Waals surface area contributed by atoms with Crippen molar-refractivity contribution in [3.05, 3.63) is 33.8 Å². The first kappa shape index (κ1) is 12.2.